The number of nitrogens with zero attached hydrogens (tertiary/aromatic N) is 2. The van der Waals surface area contributed by atoms with Gasteiger partial charge in [-0.2, -0.15) is 0 Å². The van der Waals surface area contributed by atoms with Gasteiger partial charge in [-0.05, 0) is 23.6 Å². The molecule has 0 saturated carbocycles. The molecule has 3 heterocycles. The molecule has 0 bridgehead atoms. The van der Waals surface area contributed by atoms with Gasteiger partial charge in [0.05, 0.1) is 17.7 Å². The molecule has 1 aliphatic heterocycles. The van der Waals surface area contributed by atoms with Crippen LogP contribution in [0.15, 0.2) is 46.4 Å². The van der Waals surface area contributed by atoms with Crippen LogP contribution in [0.3, 0.4) is 0 Å². The average Bonchev–Trinajstić information content (AvgIpc) is 3.10. The Kier molecular flexibility index (Phi) is 3.30. The predicted molar refractivity (Wildman–Crippen MR) is 75.7 cm³/mol. The number of carbonyl (C=O) groups excluding carboxylic acids is 1. The quantitative estimate of drug-likeness (QED) is 0.642. The number of thiophene rings is 1. The predicted octanol–water partition coefficient (Wildman–Crippen LogP) is 2.50. The van der Waals surface area contributed by atoms with E-state index in [2.05, 4.69) is 9.98 Å². The van der Waals surface area contributed by atoms with Crippen molar-refractivity contribution in [2.45, 2.75) is 0 Å². The van der Waals surface area contributed by atoms with Gasteiger partial charge in [0.2, 0.25) is 11.8 Å². The molecule has 0 N–H and O–H groups in total. The summed E-state index contributed by atoms with van der Waals surface area (Å²) in [6.45, 7) is 0. The highest BCUT2D eigenvalue weighted by Gasteiger charge is 2.24. The van der Waals surface area contributed by atoms with Gasteiger partial charge in [-0.15, -0.1) is 11.3 Å². The Bertz CT molecular complexity index is 705. The fraction of sp³-hybridized carbons (Fsp3) is 0.0714. The minimum absolute atomic E-state index is 0.231. The highest BCUT2D eigenvalue weighted by molar-refractivity contribution is 7.12. The maximum absolute atomic E-state index is 11.8. The van der Waals surface area contributed by atoms with Crippen LogP contribution in [0.5, 0.6) is 5.88 Å². The van der Waals surface area contributed by atoms with Crippen molar-refractivity contribution in [3.05, 3.63) is 52.0 Å². The second-order valence-electron chi connectivity index (χ2n) is 3.92. The second-order valence-corrected chi connectivity index (χ2v) is 4.87. The van der Waals surface area contributed by atoms with Crippen LogP contribution in [0, 0.1) is 0 Å². The van der Waals surface area contributed by atoms with Crippen LogP contribution >= 0.6 is 11.3 Å². The van der Waals surface area contributed by atoms with E-state index in [0.29, 0.717) is 17.5 Å². The lowest BCUT2D eigenvalue weighted by atomic mass is 10.3. The van der Waals surface area contributed by atoms with Gasteiger partial charge in [-0.1, -0.05) is 12.1 Å². The summed E-state index contributed by atoms with van der Waals surface area (Å²) in [5, 5.41) is 1.90. The molecule has 0 saturated heterocycles. The maximum atomic E-state index is 11.8. The SMILES string of the molecule is COc1cccc(/C=C2\N=C(c3cccs3)OC2=O)n1. The molecule has 6 heteroatoms. The van der Waals surface area contributed by atoms with Crippen LogP contribution in [0.4, 0.5) is 0 Å². The van der Waals surface area contributed by atoms with Crippen molar-refractivity contribution < 1.29 is 14.3 Å². The number of ether oxygens (including phenoxy) is 2. The molecular formula is C14H10N2O3S. The minimum atomic E-state index is -0.474. The third kappa shape index (κ3) is 2.46. The first-order valence-corrected chi connectivity index (χ1v) is 6.72. The van der Waals surface area contributed by atoms with Crippen molar-refractivity contribution in [3.8, 4) is 5.88 Å². The average molecular weight is 286 g/mol. The number of methoxy groups -OCH3 is 1. The lowest BCUT2D eigenvalue weighted by molar-refractivity contribution is -0.129. The van der Waals surface area contributed by atoms with Crippen LogP contribution in [0.1, 0.15) is 10.6 Å². The van der Waals surface area contributed by atoms with E-state index in [4.69, 9.17) is 9.47 Å². The number of carbonyl (C=O) groups is 1. The monoisotopic (exact) mass is 286 g/mol. The number of hydrogen-bond acceptors (Lipinski definition) is 6. The molecular weight excluding hydrogens is 276 g/mol. The summed E-state index contributed by atoms with van der Waals surface area (Å²) in [7, 11) is 1.54. The summed E-state index contributed by atoms with van der Waals surface area (Å²) in [5.74, 6) is 0.338. The topological polar surface area (TPSA) is 60.8 Å². The fourth-order valence-corrected chi connectivity index (χ4v) is 2.33. The first-order chi connectivity index (χ1) is 9.76. The van der Waals surface area contributed by atoms with Crippen molar-refractivity contribution >= 4 is 29.3 Å². The Morgan fingerprint density at radius 3 is 2.95 bits per heavy atom. The number of pyridine rings is 1. The molecule has 0 amide bonds. The Morgan fingerprint density at radius 1 is 1.30 bits per heavy atom. The van der Waals surface area contributed by atoms with Crippen molar-refractivity contribution in [2.75, 3.05) is 7.11 Å². The molecule has 0 spiro atoms. The maximum Gasteiger partial charge on any atom is 0.363 e. The number of aromatic nitrogens is 1. The Morgan fingerprint density at radius 2 is 2.20 bits per heavy atom. The molecule has 0 atom stereocenters. The van der Waals surface area contributed by atoms with E-state index in [9.17, 15) is 4.79 Å². The van der Waals surface area contributed by atoms with E-state index in [1.807, 2.05) is 17.5 Å². The van der Waals surface area contributed by atoms with E-state index < -0.39 is 5.97 Å². The van der Waals surface area contributed by atoms with Gasteiger partial charge >= 0.3 is 5.97 Å². The lowest BCUT2D eigenvalue weighted by Crippen LogP contribution is -2.03. The normalized spacial score (nSPS) is 16.1. The third-order valence-electron chi connectivity index (χ3n) is 2.59. The minimum Gasteiger partial charge on any atom is -0.481 e. The second kappa shape index (κ2) is 5.26. The third-order valence-corrected chi connectivity index (χ3v) is 3.45. The van der Waals surface area contributed by atoms with Crippen molar-refractivity contribution in [3.63, 3.8) is 0 Å². The summed E-state index contributed by atoms with van der Waals surface area (Å²) in [6, 6.07) is 9.02. The highest BCUT2D eigenvalue weighted by atomic mass is 32.1. The molecule has 1 aliphatic rings. The molecule has 0 aliphatic carbocycles. The number of hydrogen-bond donors (Lipinski definition) is 0. The van der Waals surface area contributed by atoms with Gasteiger partial charge < -0.3 is 9.47 Å². The smallest absolute Gasteiger partial charge is 0.363 e. The van der Waals surface area contributed by atoms with Crippen molar-refractivity contribution in [1.29, 1.82) is 0 Å². The van der Waals surface area contributed by atoms with E-state index >= 15 is 0 Å². The molecule has 5 nitrogen and oxygen atoms in total. The van der Waals surface area contributed by atoms with Crippen LogP contribution in [0.25, 0.3) is 6.08 Å². The molecule has 0 radical (unpaired) electrons. The fourth-order valence-electron chi connectivity index (χ4n) is 1.68. The van der Waals surface area contributed by atoms with Crippen molar-refractivity contribution in [1.82, 2.24) is 4.98 Å². The number of aliphatic imine (C=N–C) groups is 1. The largest absolute Gasteiger partial charge is 0.481 e. The zero-order chi connectivity index (χ0) is 13.9. The first kappa shape index (κ1) is 12.6. The molecule has 20 heavy (non-hydrogen) atoms. The zero-order valence-corrected chi connectivity index (χ0v) is 11.4. The molecule has 0 aromatic carbocycles. The molecule has 0 unspecified atom stereocenters. The van der Waals surface area contributed by atoms with Gasteiger partial charge in [-0.3, -0.25) is 0 Å². The van der Waals surface area contributed by atoms with Crippen LogP contribution in [0.2, 0.25) is 0 Å². The summed E-state index contributed by atoms with van der Waals surface area (Å²) in [6.07, 6.45) is 1.57. The van der Waals surface area contributed by atoms with E-state index in [-0.39, 0.29) is 5.70 Å². The molecule has 100 valence electrons. The van der Waals surface area contributed by atoms with Crippen LogP contribution in [-0.4, -0.2) is 24.0 Å². The van der Waals surface area contributed by atoms with Gasteiger partial charge in [0.1, 0.15) is 0 Å². The van der Waals surface area contributed by atoms with Crippen LogP contribution in [-0.2, 0) is 9.53 Å². The zero-order valence-electron chi connectivity index (χ0n) is 10.6. The Labute approximate surface area is 119 Å². The summed E-state index contributed by atoms with van der Waals surface area (Å²) >= 11 is 1.47. The number of esters is 1. The summed E-state index contributed by atoms with van der Waals surface area (Å²) in [4.78, 5) is 21.0. The van der Waals surface area contributed by atoms with Crippen LogP contribution < -0.4 is 4.74 Å². The molecule has 2 aromatic rings. The number of cyclic esters (lactones) is 1. The molecule has 2 aromatic heterocycles. The van der Waals surface area contributed by atoms with E-state index in [0.717, 1.165) is 4.88 Å². The first-order valence-electron chi connectivity index (χ1n) is 5.84. The van der Waals surface area contributed by atoms with Gasteiger partial charge in [0.15, 0.2) is 5.70 Å². The standard InChI is InChI=1S/C14H10N2O3S/c1-18-12-6-2-4-9(15-12)8-10-14(17)19-13(16-10)11-5-3-7-20-11/h2-8H,1H3/b10-8-. The van der Waals surface area contributed by atoms with E-state index in [1.54, 1.807) is 24.3 Å². The van der Waals surface area contributed by atoms with Gasteiger partial charge in [0.25, 0.3) is 0 Å². The van der Waals surface area contributed by atoms with Crippen molar-refractivity contribution in [2.24, 2.45) is 4.99 Å². The Hall–Kier alpha value is -2.47. The van der Waals surface area contributed by atoms with Gasteiger partial charge in [-0.25, -0.2) is 14.8 Å². The van der Waals surface area contributed by atoms with Gasteiger partial charge in [0, 0.05) is 6.07 Å². The molecule has 3 rings (SSSR count). The number of rotatable bonds is 3. The lowest BCUT2D eigenvalue weighted by Gasteiger charge is -1.98. The molecule has 0 fully saturated rings. The summed E-state index contributed by atoms with van der Waals surface area (Å²) in [5.41, 5.74) is 0.821. The van der Waals surface area contributed by atoms with E-state index in [1.165, 1.54) is 18.4 Å². The Balaban J connectivity index is 1.93. The summed E-state index contributed by atoms with van der Waals surface area (Å²) < 4.78 is 10.2. The highest BCUT2D eigenvalue weighted by Crippen LogP contribution is 2.21.